The van der Waals surface area contributed by atoms with Crippen molar-refractivity contribution in [3.63, 3.8) is 0 Å². The average Bonchev–Trinajstić information content (AvgIpc) is 2.74. The maximum absolute atomic E-state index is 11.3. The van der Waals surface area contributed by atoms with E-state index in [2.05, 4.69) is 16.6 Å². The Kier molecular flexibility index (Phi) is 6.93. The van der Waals surface area contributed by atoms with E-state index in [0.29, 0.717) is 17.1 Å². The van der Waals surface area contributed by atoms with Crippen LogP contribution in [0, 0.1) is 0 Å². The second-order valence-corrected chi connectivity index (χ2v) is 6.74. The minimum Gasteiger partial charge on any atom is -0.489 e. The van der Waals surface area contributed by atoms with Crippen molar-refractivity contribution in [3.05, 3.63) is 78.5 Å². The number of rotatable bonds is 7. The predicted octanol–water partition coefficient (Wildman–Crippen LogP) is 2.28. The van der Waals surface area contributed by atoms with Crippen molar-refractivity contribution in [3.8, 4) is 5.75 Å². The van der Waals surface area contributed by atoms with E-state index in [9.17, 15) is 30.0 Å². The Hall–Kier alpha value is -4.08. The number of nitrogens with zero attached hydrogens (tertiary/aromatic N) is 2. The zero-order chi connectivity index (χ0) is 23.3. The van der Waals surface area contributed by atoms with Crippen LogP contribution in [0.1, 0.15) is 0 Å². The lowest BCUT2D eigenvalue weighted by molar-refractivity contribution is -0.134. The van der Waals surface area contributed by atoms with Gasteiger partial charge in [-0.05, 0) is 30.4 Å². The first kappa shape index (κ1) is 22.6. The lowest BCUT2D eigenvalue weighted by atomic mass is 9.99. The van der Waals surface area contributed by atoms with Crippen LogP contribution in [0.15, 0.2) is 88.4 Å². The van der Waals surface area contributed by atoms with Gasteiger partial charge in [0.15, 0.2) is 0 Å². The smallest absolute Gasteiger partial charge is 0.334 e. The molecule has 2 aliphatic rings. The molecule has 2 atom stereocenters. The first-order valence-corrected chi connectivity index (χ1v) is 9.45. The van der Waals surface area contributed by atoms with Crippen molar-refractivity contribution in [2.75, 3.05) is 6.61 Å². The molecule has 32 heavy (non-hydrogen) atoms. The number of benzene rings is 1. The monoisotopic (exact) mass is 436 g/mol. The number of aliphatic imine (C=N–C) groups is 2. The lowest BCUT2D eigenvalue weighted by Crippen LogP contribution is -2.27. The van der Waals surface area contributed by atoms with Crippen LogP contribution < -0.4 is 4.74 Å². The zero-order valence-electron chi connectivity index (χ0n) is 16.8. The van der Waals surface area contributed by atoms with Gasteiger partial charge in [0.25, 0.3) is 0 Å². The molecular weight excluding hydrogens is 416 g/mol. The fourth-order valence-electron chi connectivity index (χ4n) is 2.99. The highest BCUT2D eigenvalue weighted by Crippen LogP contribution is 2.30. The summed E-state index contributed by atoms with van der Waals surface area (Å²) in [6.07, 6.45) is 7.19. The van der Waals surface area contributed by atoms with E-state index in [0.717, 1.165) is 0 Å². The van der Waals surface area contributed by atoms with Gasteiger partial charge in [-0.25, -0.2) is 9.59 Å². The topological polar surface area (TPSA) is 149 Å². The molecule has 9 nitrogen and oxygen atoms in total. The van der Waals surface area contributed by atoms with Gasteiger partial charge in [-0.15, -0.1) is 0 Å². The van der Waals surface area contributed by atoms with Gasteiger partial charge in [-0.1, -0.05) is 24.8 Å². The highest BCUT2D eigenvalue weighted by atomic mass is 16.5. The molecule has 2 aliphatic carbocycles. The van der Waals surface area contributed by atoms with Crippen molar-refractivity contribution < 1.29 is 34.8 Å². The molecule has 1 aromatic rings. The highest BCUT2D eigenvalue weighted by molar-refractivity contribution is 6.10. The molecule has 0 bridgehead atoms. The quantitative estimate of drug-likeness (QED) is 0.479. The molecule has 0 amide bonds. The van der Waals surface area contributed by atoms with E-state index < -0.39 is 24.1 Å². The number of carbonyl (C=O) groups is 2. The second kappa shape index (κ2) is 9.82. The molecule has 1 aromatic carbocycles. The normalized spacial score (nSPS) is 22.4. The number of aliphatic hydroxyl groups excluding tert-OH is 2. The van der Waals surface area contributed by atoms with Crippen molar-refractivity contribution in [2.45, 2.75) is 12.2 Å². The molecule has 4 N–H and O–H groups in total. The summed E-state index contributed by atoms with van der Waals surface area (Å²) in [5.74, 6) is -2.16. The number of carboxylic acid groups (broad SMARTS) is 2. The van der Waals surface area contributed by atoms with E-state index in [1.807, 2.05) is 0 Å². The van der Waals surface area contributed by atoms with Gasteiger partial charge in [0.05, 0.1) is 33.9 Å². The molecule has 2 unspecified atom stereocenters. The Morgan fingerprint density at radius 2 is 1.38 bits per heavy atom. The van der Waals surface area contributed by atoms with Crippen LogP contribution in [0.2, 0.25) is 0 Å². The molecule has 0 heterocycles. The van der Waals surface area contributed by atoms with Crippen LogP contribution >= 0.6 is 0 Å². The molecule has 0 aliphatic heterocycles. The van der Waals surface area contributed by atoms with Gasteiger partial charge in [-0.3, -0.25) is 9.98 Å². The molecule has 9 heteroatoms. The SMILES string of the molecule is C=CCOc1cc(N=C2C=CC=C(C(=O)O)C2O)cc(N=C2C=CC=C(C(=O)O)C2O)c1. The summed E-state index contributed by atoms with van der Waals surface area (Å²) in [5, 5.41) is 39.0. The first-order chi connectivity index (χ1) is 15.3. The third-order valence-electron chi connectivity index (χ3n) is 4.49. The number of ether oxygens (including phenoxy) is 1. The summed E-state index contributed by atoms with van der Waals surface area (Å²) in [5.41, 5.74) is 0.402. The molecule has 0 fully saturated rings. The van der Waals surface area contributed by atoms with Crippen LogP contribution in [0.3, 0.4) is 0 Å². The number of aliphatic carboxylic acids is 2. The largest absolute Gasteiger partial charge is 0.489 e. The molecule has 3 rings (SSSR count). The molecular formula is C23H20N2O7. The van der Waals surface area contributed by atoms with Crippen molar-refractivity contribution in [1.82, 2.24) is 0 Å². The third-order valence-corrected chi connectivity index (χ3v) is 4.49. The second-order valence-electron chi connectivity index (χ2n) is 6.74. The summed E-state index contributed by atoms with van der Waals surface area (Å²) in [6, 6.07) is 4.66. The van der Waals surface area contributed by atoms with Gasteiger partial charge in [0.2, 0.25) is 0 Å². The Balaban J connectivity index is 2.01. The van der Waals surface area contributed by atoms with Gasteiger partial charge < -0.3 is 25.2 Å². The average molecular weight is 436 g/mol. The summed E-state index contributed by atoms with van der Waals surface area (Å²) < 4.78 is 5.56. The van der Waals surface area contributed by atoms with Crippen LogP contribution in [-0.2, 0) is 9.59 Å². The minimum atomic E-state index is -1.42. The molecule has 0 saturated carbocycles. The summed E-state index contributed by atoms with van der Waals surface area (Å²) in [6.45, 7) is 3.78. The molecule has 0 radical (unpaired) electrons. The standard InChI is InChI=1S/C23H20N2O7/c1-2-9-32-15-11-13(24-18-7-3-5-16(20(18)26)22(28)29)10-14(12-15)25-19-8-4-6-17(21(19)27)23(30)31/h2-8,10-12,20-21,26-27H,1,9H2,(H,28,29)(H,30,31). The Morgan fingerprint density at radius 1 is 0.906 bits per heavy atom. The van der Waals surface area contributed by atoms with Gasteiger partial charge in [0.1, 0.15) is 24.6 Å². The van der Waals surface area contributed by atoms with Crippen molar-refractivity contribution in [2.24, 2.45) is 9.98 Å². The number of carboxylic acids is 2. The number of hydrogen-bond acceptors (Lipinski definition) is 7. The summed E-state index contributed by atoms with van der Waals surface area (Å²) in [4.78, 5) is 31.2. The molecule has 0 aromatic heterocycles. The summed E-state index contributed by atoms with van der Waals surface area (Å²) >= 11 is 0. The van der Waals surface area contributed by atoms with E-state index in [1.165, 1.54) is 42.5 Å². The Morgan fingerprint density at radius 3 is 1.78 bits per heavy atom. The maximum Gasteiger partial charge on any atom is 0.334 e. The summed E-state index contributed by atoms with van der Waals surface area (Å²) in [7, 11) is 0. The lowest BCUT2D eigenvalue weighted by Gasteiger charge is -2.16. The van der Waals surface area contributed by atoms with E-state index in [1.54, 1.807) is 18.2 Å². The van der Waals surface area contributed by atoms with Crippen molar-refractivity contribution in [1.29, 1.82) is 0 Å². The van der Waals surface area contributed by atoms with Crippen LogP contribution in [0.5, 0.6) is 5.75 Å². The van der Waals surface area contributed by atoms with E-state index in [-0.39, 0.29) is 29.2 Å². The van der Waals surface area contributed by atoms with Crippen LogP contribution in [0.25, 0.3) is 0 Å². The van der Waals surface area contributed by atoms with Gasteiger partial charge >= 0.3 is 11.9 Å². The van der Waals surface area contributed by atoms with Crippen LogP contribution in [-0.4, -0.2) is 62.6 Å². The van der Waals surface area contributed by atoms with E-state index in [4.69, 9.17) is 4.74 Å². The number of aliphatic hydroxyl groups is 2. The predicted molar refractivity (Wildman–Crippen MR) is 118 cm³/mol. The maximum atomic E-state index is 11.3. The number of allylic oxidation sites excluding steroid dienone is 4. The molecule has 0 spiro atoms. The highest BCUT2D eigenvalue weighted by Gasteiger charge is 2.25. The first-order valence-electron chi connectivity index (χ1n) is 9.45. The Bertz CT molecular complexity index is 1060. The fourth-order valence-corrected chi connectivity index (χ4v) is 2.99. The van der Waals surface area contributed by atoms with Crippen molar-refractivity contribution >= 4 is 34.7 Å². The van der Waals surface area contributed by atoms with Gasteiger partial charge in [0, 0.05) is 12.1 Å². The van der Waals surface area contributed by atoms with Crippen LogP contribution in [0.4, 0.5) is 11.4 Å². The Labute approximate surface area is 183 Å². The zero-order valence-corrected chi connectivity index (χ0v) is 16.8. The third kappa shape index (κ3) is 5.15. The molecule has 0 saturated heterocycles. The van der Waals surface area contributed by atoms with Gasteiger partial charge in [-0.2, -0.15) is 0 Å². The number of hydrogen-bond donors (Lipinski definition) is 4. The fraction of sp³-hybridized carbons (Fsp3) is 0.130. The van der Waals surface area contributed by atoms with E-state index >= 15 is 0 Å². The minimum absolute atomic E-state index is 0.109. The molecule has 164 valence electrons.